The standard InChI is InChI=1S/C26H26O2/c1-4-21-6-10-24(11-7-21)25-12-14-26(15-13-25)28-19-27-17-16-22-8-9-23(5-2)20(3)18-22/h4-15,18H,1-2,16-17,19H2,3H3. The first-order valence-corrected chi connectivity index (χ1v) is 9.45. The van der Waals surface area contributed by atoms with E-state index in [1.54, 1.807) is 0 Å². The quantitative estimate of drug-likeness (QED) is 0.314. The average Bonchev–Trinajstić information content (AvgIpc) is 2.74. The van der Waals surface area contributed by atoms with Crippen molar-refractivity contribution in [2.45, 2.75) is 13.3 Å². The van der Waals surface area contributed by atoms with Crippen molar-refractivity contribution in [1.82, 2.24) is 0 Å². The van der Waals surface area contributed by atoms with Crippen LogP contribution in [0.2, 0.25) is 0 Å². The molecule has 0 aliphatic carbocycles. The van der Waals surface area contributed by atoms with Crippen LogP contribution in [0.15, 0.2) is 79.9 Å². The fourth-order valence-electron chi connectivity index (χ4n) is 3.04. The molecule has 28 heavy (non-hydrogen) atoms. The van der Waals surface area contributed by atoms with Gasteiger partial charge in [-0.1, -0.05) is 79.9 Å². The van der Waals surface area contributed by atoms with Crippen molar-refractivity contribution in [3.63, 3.8) is 0 Å². The zero-order valence-corrected chi connectivity index (χ0v) is 16.4. The number of hydrogen-bond acceptors (Lipinski definition) is 2. The summed E-state index contributed by atoms with van der Waals surface area (Å²) < 4.78 is 11.3. The smallest absolute Gasteiger partial charge is 0.189 e. The lowest BCUT2D eigenvalue weighted by atomic mass is 10.0. The molecule has 0 unspecified atom stereocenters. The lowest BCUT2D eigenvalue weighted by molar-refractivity contribution is 0.0169. The van der Waals surface area contributed by atoms with E-state index in [1.807, 2.05) is 24.3 Å². The Morgan fingerprint density at radius 3 is 2.11 bits per heavy atom. The van der Waals surface area contributed by atoms with E-state index in [4.69, 9.17) is 9.47 Å². The van der Waals surface area contributed by atoms with Crippen LogP contribution in [0.1, 0.15) is 22.3 Å². The molecule has 142 valence electrons. The van der Waals surface area contributed by atoms with E-state index in [9.17, 15) is 0 Å². The predicted octanol–water partition coefficient (Wildman–Crippen LogP) is 6.54. The maximum atomic E-state index is 5.68. The second-order valence-electron chi connectivity index (χ2n) is 6.67. The molecule has 3 aromatic rings. The van der Waals surface area contributed by atoms with Gasteiger partial charge in [0.25, 0.3) is 0 Å². The van der Waals surface area contributed by atoms with Crippen molar-refractivity contribution in [2.24, 2.45) is 0 Å². The summed E-state index contributed by atoms with van der Waals surface area (Å²) in [4.78, 5) is 0. The van der Waals surface area contributed by atoms with Gasteiger partial charge in [-0.15, -0.1) is 0 Å². The minimum Gasteiger partial charge on any atom is -0.468 e. The van der Waals surface area contributed by atoms with E-state index >= 15 is 0 Å². The maximum absolute atomic E-state index is 5.68. The summed E-state index contributed by atoms with van der Waals surface area (Å²) in [5.41, 5.74) is 7.12. The average molecular weight is 370 g/mol. The lowest BCUT2D eigenvalue weighted by Gasteiger charge is -2.09. The Morgan fingerprint density at radius 1 is 0.821 bits per heavy atom. The summed E-state index contributed by atoms with van der Waals surface area (Å²) in [7, 11) is 0. The van der Waals surface area contributed by atoms with E-state index in [-0.39, 0.29) is 6.79 Å². The van der Waals surface area contributed by atoms with Crippen molar-refractivity contribution in [3.05, 3.63) is 102 Å². The third-order valence-corrected chi connectivity index (χ3v) is 4.73. The molecule has 2 nitrogen and oxygen atoms in total. The largest absolute Gasteiger partial charge is 0.468 e. The Kier molecular flexibility index (Phi) is 6.83. The third kappa shape index (κ3) is 5.21. The Balaban J connectivity index is 1.44. The topological polar surface area (TPSA) is 18.5 Å². The Labute approximate surface area is 167 Å². The van der Waals surface area contributed by atoms with Gasteiger partial charge in [0.15, 0.2) is 6.79 Å². The van der Waals surface area contributed by atoms with Gasteiger partial charge in [-0.25, -0.2) is 0 Å². The lowest BCUT2D eigenvalue weighted by Crippen LogP contribution is -2.06. The van der Waals surface area contributed by atoms with Crippen molar-refractivity contribution < 1.29 is 9.47 Å². The second kappa shape index (κ2) is 9.72. The van der Waals surface area contributed by atoms with Crippen LogP contribution < -0.4 is 4.74 Å². The molecular weight excluding hydrogens is 344 g/mol. The highest BCUT2D eigenvalue weighted by atomic mass is 16.7. The summed E-state index contributed by atoms with van der Waals surface area (Å²) in [6.07, 6.45) is 4.59. The highest BCUT2D eigenvalue weighted by Gasteiger charge is 2.01. The van der Waals surface area contributed by atoms with Crippen LogP contribution in [0.4, 0.5) is 0 Å². The molecule has 3 aromatic carbocycles. The molecule has 0 bridgehead atoms. The van der Waals surface area contributed by atoms with E-state index < -0.39 is 0 Å². The second-order valence-corrected chi connectivity index (χ2v) is 6.67. The Morgan fingerprint density at radius 2 is 1.50 bits per heavy atom. The summed E-state index contributed by atoms with van der Waals surface area (Å²) >= 11 is 0. The van der Waals surface area contributed by atoms with E-state index in [0.717, 1.165) is 23.3 Å². The molecule has 3 rings (SSSR count). The van der Waals surface area contributed by atoms with E-state index in [1.165, 1.54) is 22.3 Å². The molecule has 0 radical (unpaired) electrons. The molecule has 0 saturated carbocycles. The first-order valence-electron chi connectivity index (χ1n) is 9.45. The van der Waals surface area contributed by atoms with Crippen LogP contribution in [0.3, 0.4) is 0 Å². The fourth-order valence-corrected chi connectivity index (χ4v) is 3.04. The molecule has 0 aromatic heterocycles. The van der Waals surface area contributed by atoms with Crippen LogP contribution in [0, 0.1) is 6.92 Å². The monoisotopic (exact) mass is 370 g/mol. The third-order valence-electron chi connectivity index (χ3n) is 4.73. The summed E-state index contributed by atoms with van der Waals surface area (Å²) in [6, 6.07) is 22.8. The number of rotatable bonds is 9. The fraction of sp³-hybridized carbons (Fsp3) is 0.154. The van der Waals surface area contributed by atoms with Gasteiger partial charge in [0.2, 0.25) is 0 Å². The summed E-state index contributed by atoms with van der Waals surface area (Å²) in [5.74, 6) is 0.803. The van der Waals surface area contributed by atoms with Gasteiger partial charge >= 0.3 is 0 Å². The first-order chi connectivity index (χ1) is 13.7. The molecule has 0 spiro atoms. The zero-order chi connectivity index (χ0) is 19.8. The molecular formula is C26H26O2. The molecule has 0 aliphatic rings. The number of hydrogen-bond donors (Lipinski definition) is 0. The van der Waals surface area contributed by atoms with E-state index in [2.05, 4.69) is 74.7 Å². The molecule has 0 amide bonds. The van der Waals surface area contributed by atoms with Crippen LogP contribution in [-0.2, 0) is 11.2 Å². The van der Waals surface area contributed by atoms with Gasteiger partial charge < -0.3 is 9.47 Å². The molecule has 0 saturated heterocycles. The summed E-state index contributed by atoms with van der Waals surface area (Å²) in [5, 5.41) is 0. The van der Waals surface area contributed by atoms with Crippen molar-refractivity contribution in [2.75, 3.05) is 13.4 Å². The van der Waals surface area contributed by atoms with Gasteiger partial charge in [-0.3, -0.25) is 0 Å². The first kappa shape index (κ1) is 19.7. The van der Waals surface area contributed by atoms with Crippen LogP contribution in [0.5, 0.6) is 5.75 Å². The number of ether oxygens (including phenoxy) is 2. The maximum Gasteiger partial charge on any atom is 0.189 e. The van der Waals surface area contributed by atoms with Crippen molar-refractivity contribution in [1.29, 1.82) is 0 Å². The molecule has 0 heterocycles. The van der Waals surface area contributed by atoms with Gasteiger partial charge in [0.1, 0.15) is 5.75 Å². The SMILES string of the molecule is C=Cc1ccc(-c2ccc(OCOCCc3ccc(C=C)c(C)c3)cc2)cc1. The highest BCUT2D eigenvalue weighted by molar-refractivity contribution is 5.66. The van der Waals surface area contributed by atoms with Crippen LogP contribution in [0.25, 0.3) is 23.3 Å². The molecule has 0 fully saturated rings. The number of benzene rings is 3. The van der Waals surface area contributed by atoms with Crippen molar-refractivity contribution >= 4 is 12.2 Å². The normalized spacial score (nSPS) is 10.5. The van der Waals surface area contributed by atoms with Gasteiger partial charge in [0.05, 0.1) is 6.61 Å². The minimum atomic E-state index is 0.247. The van der Waals surface area contributed by atoms with Gasteiger partial charge in [-0.2, -0.15) is 0 Å². The van der Waals surface area contributed by atoms with Gasteiger partial charge in [0, 0.05) is 0 Å². The number of aryl methyl sites for hydroxylation is 1. The summed E-state index contributed by atoms with van der Waals surface area (Å²) in [6.45, 7) is 10.6. The molecule has 2 heteroatoms. The minimum absolute atomic E-state index is 0.247. The molecule has 0 atom stereocenters. The predicted molar refractivity (Wildman–Crippen MR) is 118 cm³/mol. The zero-order valence-electron chi connectivity index (χ0n) is 16.4. The van der Waals surface area contributed by atoms with Gasteiger partial charge in [-0.05, 0) is 58.9 Å². The molecule has 0 aliphatic heterocycles. The van der Waals surface area contributed by atoms with Crippen molar-refractivity contribution in [3.8, 4) is 16.9 Å². The highest BCUT2D eigenvalue weighted by Crippen LogP contribution is 2.23. The van der Waals surface area contributed by atoms with Crippen LogP contribution >= 0.6 is 0 Å². The van der Waals surface area contributed by atoms with Crippen LogP contribution in [-0.4, -0.2) is 13.4 Å². The van der Waals surface area contributed by atoms with E-state index in [0.29, 0.717) is 6.61 Å². The Hall–Kier alpha value is -3.10. The molecule has 0 N–H and O–H groups in total. The Bertz CT molecular complexity index is 922.